The summed E-state index contributed by atoms with van der Waals surface area (Å²) < 4.78 is 14.0. The molecule has 1 heterocycles. The molecule has 0 aliphatic heterocycles. The average Bonchev–Trinajstić information content (AvgIpc) is 3.22. The minimum absolute atomic E-state index is 0.320. The van der Waals surface area contributed by atoms with Crippen molar-refractivity contribution in [1.29, 1.82) is 0 Å². The van der Waals surface area contributed by atoms with Crippen molar-refractivity contribution in [3.63, 3.8) is 0 Å². The number of rotatable bonds is 14. The van der Waals surface area contributed by atoms with Crippen molar-refractivity contribution in [1.82, 2.24) is 14.7 Å². The van der Waals surface area contributed by atoms with Gasteiger partial charge in [0.25, 0.3) is 0 Å². The molecule has 1 atom stereocenters. The predicted molar refractivity (Wildman–Crippen MR) is 147 cm³/mol. The summed E-state index contributed by atoms with van der Waals surface area (Å²) in [6.07, 6.45) is 1.48. The zero-order chi connectivity index (χ0) is 25.9. The summed E-state index contributed by atoms with van der Waals surface area (Å²) >= 11 is 0. The number of ether oxygens (including phenoxy) is 2. The quantitative estimate of drug-likeness (QED) is 0.211. The number of aromatic nitrogens is 2. The summed E-state index contributed by atoms with van der Waals surface area (Å²) in [5.74, 6) is 1.43. The summed E-state index contributed by atoms with van der Waals surface area (Å²) in [6, 6.07) is 30.1. The molecule has 0 saturated carbocycles. The molecule has 1 N–H and O–H groups in total. The molecule has 4 rings (SSSR count). The van der Waals surface area contributed by atoms with Crippen molar-refractivity contribution >= 4 is 0 Å². The van der Waals surface area contributed by atoms with Crippen molar-refractivity contribution in [3.05, 3.63) is 108 Å². The molecule has 37 heavy (non-hydrogen) atoms. The second-order valence-corrected chi connectivity index (χ2v) is 9.27. The first kappa shape index (κ1) is 26.6. The Labute approximate surface area is 220 Å². The predicted octanol–water partition coefficient (Wildman–Crippen LogP) is 6.15. The van der Waals surface area contributed by atoms with Crippen LogP contribution in [0.15, 0.2) is 91.0 Å². The summed E-state index contributed by atoms with van der Waals surface area (Å²) in [7, 11) is 0. The van der Waals surface area contributed by atoms with E-state index in [9.17, 15) is 5.11 Å². The van der Waals surface area contributed by atoms with Gasteiger partial charge in [0, 0.05) is 26.2 Å². The Morgan fingerprint density at radius 3 is 2.22 bits per heavy atom. The Morgan fingerprint density at radius 1 is 0.892 bits per heavy atom. The second-order valence-electron chi connectivity index (χ2n) is 9.27. The molecule has 0 radical (unpaired) electrons. The number of benzene rings is 3. The normalized spacial score (nSPS) is 12.1. The van der Waals surface area contributed by atoms with E-state index in [1.165, 1.54) is 5.56 Å². The SMILES string of the molecule is CCCCOC[C@@H](O)CN(Cc1ccccc1)Cc1c(C)nn(-c2ccccc2)c1Oc1ccccc1. The van der Waals surface area contributed by atoms with Crippen molar-refractivity contribution in [2.75, 3.05) is 19.8 Å². The lowest BCUT2D eigenvalue weighted by Crippen LogP contribution is -2.34. The van der Waals surface area contributed by atoms with Gasteiger partial charge >= 0.3 is 0 Å². The maximum atomic E-state index is 10.8. The third kappa shape index (κ3) is 7.76. The lowest BCUT2D eigenvalue weighted by Gasteiger charge is -2.25. The number of para-hydroxylation sites is 2. The molecular weight excluding hydrogens is 462 g/mol. The first-order valence-corrected chi connectivity index (χ1v) is 13.0. The van der Waals surface area contributed by atoms with Crippen LogP contribution in [0.3, 0.4) is 0 Å². The van der Waals surface area contributed by atoms with Crippen LogP contribution in [0.4, 0.5) is 0 Å². The highest BCUT2D eigenvalue weighted by Crippen LogP contribution is 2.32. The van der Waals surface area contributed by atoms with E-state index in [4.69, 9.17) is 14.6 Å². The maximum absolute atomic E-state index is 10.8. The molecule has 0 aliphatic carbocycles. The van der Waals surface area contributed by atoms with Gasteiger partial charge in [-0.1, -0.05) is 80.1 Å². The van der Waals surface area contributed by atoms with Crippen molar-refractivity contribution in [2.45, 2.75) is 45.9 Å². The van der Waals surface area contributed by atoms with Gasteiger partial charge in [-0.25, -0.2) is 4.68 Å². The van der Waals surface area contributed by atoms with Gasteiger partial charge in [-0.2, -0.15) is 5.10 Å². The van der Waals surface area contributed by atoms with E-state index in [-0.39, 0.29) is 0 Å². The Bertz CT molecular complexity index is 1200. The Morgan fingerprint density at radius 2 is 1.54 bits per heavy atom. The van der Waals surface area contributed by atoms with E-state index in [0.717, 1.165) is 35.5 Å². The fourth-order valence-corrected chi connectivity index (χ4v) is 4.24. The van der Waals surface area contributed by atoms with Crippen LogP contribution in [-0.4, -0.2) is 45.6 Å². The smallest absolute Gasteiger partial charge is 0.227 e. The highest BCUT2D eigenvalue weighted by atomic mass is 16.5. The summed E-state index contributed by atoms with van der Waals surface area (Å²) in [4.78, 5) is 2.24. The van der Waals surface area contributed by atoms with Crippen LogP contribution < -0.4 is 4.74 Å². The molecule has 6 heteroatoms. The Hall–Kier alpha value is -3.45. The van der Waals surface area contributed by atoms with Crippen LogP contribution in [0.25, 0.3) is 5.69 Å². The molecular formula is C31H37N3O3. The number of hydrogen-bond acceptors (Lipinski definition) is 5. The van der Waals surface area contributed by atoms with Crippen LogP contribution in [0.5, 0.6) is 11.6 Å². The van der Waals surface area contributed by atoms with E-state index in [2.05, 4.69) is 24.0 Å². The van der Waals surface area contributed by atoms with Gasteiger partial charge in [0.2, 0.25) is 5.88 Å². The highest BCUT2D eigenvalue weighted by molar-refractivity contribution is 5.43. The summed E-state index contributed by atoms with van der Waals surface area (Å²) in [5.41, 5.74) is 3.99. The van der Waals surface area contributed by atoms with E-state index >= 15 is 0 Å². The van der Waals surface area contributed by atoms with Gasteiger partial charge in [-0.05, 0) is 43.2 Å². The fraction of sp³-hybridized carbons (Fsp3) is 0.323. The first-order valence-electron chi connectivity index (χ1n) is 13.0. The minimum atomic E-state index is -0.594. The maximum Gasteiger partial charge on any atom is 0.227 e. The minimum Gasteiger partial charge on any atom is -0.439 e. The molecule has 0 bridgehead atoms. The molecule has 6 nitrogen and oxygen atoms in total. The second kappa shape index (κ2) is 13.7. The van der Waals surface area contributed by atoms with E-state index in [0.29, 0.717) is 38.7 Å². The average molecular weight is 500 g/mol. The largest absolute Gasteiger partial charge is 0.439 e. The topological polar surface area (TPSA) is 59.8 Å². The molecule has 0 aliphatic rings. The molecule has 194 valence electrons. The van der Waals surface area contributed by atoms with Crippen LogP contribution in [0.1, 0.15) is 36.6 Å². The molecule has 0 saturated heterocycles. The van der Waals surface area contributed by atoms with Gasteiger partial charge < -0.3 is 14.6 Å². The highest BCUT2D eigenvalue weighted by Gasteiger charge is 2.23. The van der Waals surface area contributed by atoms with Crippen molar-refractivity contribution in [3.8, 4) is 17.3 Å². The van der Waals surface area contributed by atoms with Gasteiger partial charge in [-0.15, -0.1) is 0 Å². The molecule has 0 fully saturated rings. The molecule has 0 spiro atoms. The summed E-state index contributed by atoms with van der Waals surface area (Å²) in [6.45, 7) is 6.87. The van der Waals surface area contributed by atoms with E-state index in [1.54, 1.807) is 0 Å². The van der Waals surface area contributed by atoms with Crippen molar-refractivity contribution in [2.24, 2.45) is 0 Å². The zero-order valence-electron chi connectivity index (χ0n) is 21.8. The lowest BCUT2D eigenvalue weighted by atomic mass is 10.1. The fourth-order valence-electron chi connectivity index (χ4n) is 4.24. The van der Waals surface area contributed by atoms with Crippen molar-refractivity contribution < 1.29 is 14.6 Å². The van der Waals surface area contributed by atoms with E-state index in [1.807, 2.05) is 90.5 Å². The number of hydrogen-bond donors (Lipinski definition) is 1. The van der Waals surface area contributed by atoms with Gasteiger partial charge in [-0.3, -0.25) is 4.90 Å². The standard InChI is InChI=1S/C31H37N3O3/c1-3-4-20-36-24-28(35)22-33(21-26-14-8-5-9-15-26)23-30-25(2)32-34(27-16-10-6-11-17-27)31(30)37-29-18-12-7-13-19-29/h5-19,28,35H,3-4,20-24H2,1-2H3/t28-/m0/s1. The summed E-state index contributed by atoms with van der Waals surface area (Å²) in [5, 5.41) is 15.7. The van der Waals surface area contributed by atoms with Gasteiger partial charge in [0.15, 0.2) is 0 Å². The third-order valence-electron chi connectivity index (χ3n) is 6.15. The third-order valence-corrected chi connectivity index (χ3v) is 6.15. The van der Waals surface area contributed by atoms with Crippen LogP contribution >= 0.6 is 0 Å². The first-order chi connectivity index (χ1) is 18.1. The van der Waals surface area contributed by atoms with Gasteiger partial charge in [0.05, 0.1) is 29.7 Å². The molecule has 4 aromatic rings. The number of nitrogens with zero attached hydrogens (tertiary/aromatic N) is 3. The number of aryl methyl sites for hydroxylation is 1. The molecule has 0 amide bonds. The molecule has 0 unspecified atom stereocenters. The lowest BCUT2D eigenvalue weighted by molar-refractivity contribution is 0.0127. The van der Waals surface area contributed by atoms with E-state index < -0.39 is 6.10 Å². The Kier molecular flexibility index (Phi) is 9.89. The van der Waals surface area contributed by atoms with Gasteiger partial charge in [0.1, 0.15) is 5.75 Å². The monoisotopic (exact) mass is 499 g/mol. The van der Waals surface area contributed by atoms with Crippen LogP contribution in [0, 0.1) is 6.92 Å². The zero-order valence-corrected chi connectivity index (χ0v) is 21.8. The molecule has 3 aromatic carbocycles. The Balaban J connectivity index is 1.63. The number of aliphatic hydroxyl groups is 1. The molecule has 1 aromatic heterocycles. The number of aliphatic hydroxyl groups excluding tert-OH is 1. The van der Waals surface area contributed by atoms with Crippen LogP contribution in [-0.2, 0) is 17.8 Å². The van der Waals surface area contributed by atoms with Crippen LogP contribution in [0.2, 0.25) is 0 Å². The number of unbranched alkanes of at least 4 members (excludes halogenated alkanes) is 1.